The van der Waals surface area contributed by atoms with E-state index in [0.29, 0.717) is 47.7 Å². The van der Waals surface area contributed by atoms with Crippen LogP contribution >= 0.6 is 12.1 Å². The molecule has 2 aromatic carbocycles. The second-order valence-corrected chi connectivity index (χ2v) is 10.3. The van der Waals surface area contributed by atoms with Crippen LogP contribution in [0.25, 0.3) is 22.4 Å². The van der Waals surface area contributed by atoms with Gasteiger partial charge < -0.3 is 14.6 Å². The average Bonchev–Trinajstić information content (AvgIpc) is 3.52. The highest BCUT2D eigenvalue weighted by Gasteiger charge is 2.32. The fraction of sp³-hybridized carbons (Fsp3) is 0.259. The van der Waals surface area contributed by atoms with E-state index in [1.807, 2.05) is 39.2 Å². The summed E-state index contributed by atoms with van der Waals surface area (Å²) in [6, 6.07) is 13.3. The number of hydrogen-bond donors (Lipinski definition) is 1. The van der Waals surface area contributed by atoms with Crippen molar-refractivity contribution in [2.45, 2.75) is 19.4 Å². The molecule has 0 unspecified atom stereocenters. The number of nitrogens with zero attached hydrogens (tertiary/aromatic N) is 5. The smallest absolute Gasteiger partial charge is 0.268 e. The fourth-order valence-electron chi connectivity index (χ4n) is 4.74. The Morgan fingerprint density at radius 1 is 1.21 bits per heavy atom. The maximum atomic E-state index is 15.1. The van der Waals surface area contributed by atoms with Gasteiger partial charge in [-0.25, -0.2) is 13.7 Å². The lowest BCUT2D eigenvalue weighted by atomic mass is 10.00. The van der Waals surface area contributed by atoms with Gasteiger partial charge in [0, 0.05) is 42.4 Å². The molecule has 0 bridgehead atoms. The standard InChI is InChI=1S/C27H27FN6O3S/c1-4-37-25-9-8-18(11-23(25)28)26-22(17-6-5-7-19(10-17)31-36)13-24-27(35)30-15-21(34(24)26)12-20-14-29-16-33(20)38-32(2)3/h5-11,13-14,16,21H,4,12,15H2,1-3H3,(H,30,35)/t21-/m0/s1. The number of aromatic nitrogens is 3. The monoisotopic (exact) mass is 534 g/mol. The number of carbonyl (C=O) groups is 1. The molecule has 0 saturated heterocycles. The molecule has 0 saturated carbocycles. The number of ether oxygens (including phenoxy) is 1. The van der Waals surface area contributed by atoms with Crippen LogP contribution in [0.3, 0.4) is 0 Å². The van der Waals surface area contributed by atoms with Crippen LogP contribution in [0, 0.1) is 10.7 Å². The Morgan fingerprint density at radius 3 is 2.79 bits per heavy atom. The zero-order valence-corrected chi connectivity index (χ0v) is 22.0. The van der Waals surface area contributed by atoms with Crippen LogP contribution in [0.15, 0.2) is 66.2 Å². The molecule has 0 fully saturated rings. The Balaban J connectivity index is 1.69. The number of carbonyl (C=O) groups excluding carboxylic acids is 1. The molecule has 1 aliphatic rings. The van der Waals surface area contributed by atoms with Gasteiger partial charge in [0.1, 0.15) is 17.7 Å². The third-order valence-electron chi connectivity index (χ3n) is 6.27. The molecule has 11 heteroatoms. The number of amides is 1. The van der Waals surface area contributed by atoms with E-state index >= 15 is 4.39 Å². The van der Waals surface area contributed by atoms with Gasteiger partial charge in [0.15, 0.2) is 11.6 Å². The summed E-state index contributed by atoms with van der Waals surface area (Å²) < 4.78 is 26.4. The van der Waals surface area contributed by atoms with Crippen molar-refractivity contribution < 1.29 is 13.9 Å². The Morgan fingerprint density at radius 2 is 2.05 bits per heavy atom. The quantitative estimate of drug-likeness (QED) is 0.227. The molecular formula is C27H27FN6O3S. The van der Waals surface area contributed by atoms with Gasteiger partial charge in [0.2, 0.25) is 0 Å². The van der Waals surface area contributed by atoms with Crippen LogP contribution in [-0.4, -0.2) is 51.0 Å². The minimum atomic E-state index is -0.494. The van der Waals surface area contributed by atoms with Crippen LogP contribution in [0.2, 0.25) is 0 Å². The number of benzene rings is 2. The predicted octanol–water partition coefficient (Wildman–Crippen LogP) is 5.45. The maximum absolute atomic E-state index is 15.1. The fourth-order valence-corrected chi connectivity index (χ4v) is 5.42. The van der Waals surface area contributed by atoms with Crippen molar-refractivity contribution in [2.75, 3.05) is 27.2 Å². The van der Waals surface area contributed by atoms with Gasteiger partial charge in [-0.05, 0) is 68.2 Å². The number of rotatable bonds is 9. The summed E-state index contributed by atoms with van der Waals surface area (Å²) in [6.07, 6.45) is 4.14. The zero-order chi connectivity index (χ0) is 26.8. The van der Waals surface area contributed by atoms with Crippen molar-refractivity contribution in [3.63, 3.8) is 0 Å². The average molecular weight is 535 g/mol. The van der Waals surface area contributed by atoms with Crippen LogP contribution in [0.4, 0.5) is 10.1 Å². The van der Waals surface area contributed by atoms with Gasteiger partial charge in [-0.15, -0.1) is 4.91 Å². The number of fused-ring (bicyclic) bond motifs is 1. The lowest BCUT2D eigenvalue weighted by Gasteiger charge is -2.29. The van der Waals surface area contributed by atoms with E-state index in [1.165, 1.54) is 18.2 Å². The largest absolute Gasteiger partial charge is 0.491 e. The molecule has 1 amide bonds. The summed E-state index contributed by atoms with van der Waals surface area (Å²) in [4.78, 5) is 28.7. The number of hydrogen-bond acceptors (Lipinski definition) is 7. The first kappa shape index (κ1) is 25.7. The van der Waals surface area contributed by atoms with Gasteiger partial charge in [0.05, 0.1) is 24.0 Å². The molecule has 196 valence electrons. The first-order chi connectivity index (χ1) is 18.4. The third kappa shape index (κ3) is 4.94. The first-order valence-corrected chi connectivity index (χ1v) is 12.9. The lowest BCUT2D eigenvalue weighted by Crippen LogP contribution is -2.40. The van der Waals surface area contributed by atoms with E-state index in [-0.39, 0.29) is 23.4 Å². The summed E-state index contributed by atoms with van der Waals surface area (Å²) in [6.45, 7) is 2.53. The molecular weight excluding hydrogens is 507 g/mol. The van der Waals surface area contributed by atoms with Gasteiger partial charge in [-0.2, -0.15) is 0 Å². The first-order valence-electron chi connectivity index (χ1n) is 12.2. The molecule has 4 aromatic rings. The topological polar surface area (TPSA) is 93.8 Å². The highest BCUT2D eigenvalue weighted by Crippen LogP contribution is 2.41. The molecule has 0 aliphatic carbocycles. The predicted molar refractivity (Wildman–Crippen MR) is 146 cm³/mol. The van der Waals surface area contributed by atoms with Gasteiger partial charge in [-0.3, -0.25) is 8.77 Å². The summed E-state index contributed by atoms with van der Waals surface area (Å²) in [5.41, 5.74) is 4.36. The molecule has 5 rings (SSSR count). The lowest BCUT2D eigenvalue weighted by molar-refractivity contribution is 0.0915. The summed E-state index contributed by atoms with van der Waals surface area (Å²) in [5, 5.41) is 6.07. The summed E-state index contributed by atoms with van der Waals surface area (Å²) in [7, 11) is 3.90. The normalized spacial score (nSPS) is 14.9. The number of nitrogens with one attached hydrogen (secondary N) is 1. The minimum Gasteiger partial charge on any atom is -0.491 e. The minimum absolute atomic E-state index is 0.161. The molecule has 1 aliphatic heterocycles. The molecule has 1 atom stereocenters. The van der Waals surface area contributed by atoms with Crippen LogP contribution < -0.4 is 10.1 Å². The van der Waals surface area contributed by atoms with Crippen molar-refractivity contribution in [3.05, 3.63) is 83.2 Å². The van der Waals surface area contributed by atoms with Crippen LogP contribution in [0.5, 0.6) is 5.75 Å². The summed E-state index contributed by atoms with van der Waals surface area (Å²) >= 11 is 1.50. The Bertz CT molecular complexity index is 1500. The van der Waals surface area contributed by atoms with Crippen LogP contribution in [-0.2, 0) is 6.42 Å². The number of nitroso groups, excluding NO2 is 1. The van der Waals surface area contributed by atoms with Crippen molar-refractivity contribution in [2.24, 2.45) is 5.18 Å². The molecule has 38 heavy (non-hydrogen) atoms. The number of halogens is 1. The molecule has 0 radical (unpaired) electrons. The second-order valence-electron chi connectivity index (χ2n) is 9.05. The van der Waals surface area contributed by atoms with Crippen LogP contribution in [0.1, 0.15) is 29.1 Å². The van der Waals surface area contributed by atoms with E-state index in [4.69, 9.17) is 4.74 Å². The Kier molecular flexibility index (Phi) is 7.30. The molecule has 0 spiro atoms. The van der Waals surface area contributed by atoms with Gasteiger partial charge >= 0.3 is 0 Å². The Hall–Kier alpha value is -3.96. The van der Waals surface area contributed by atoms with Gasteiger partial charge in [-0.1, -0.05) is 12.1 Å². The third-order valence-corrected chi connectivity index (χ3v) is 7.11. The van der Waals surface area contributed by atoms with Crippen molar-refractivity contribution in [1.29, 1.82) is 0 Å². The molecule has 3 heterocycles. The maximum Gasteiger partial charge on any atom is 0.268 e. The summed E-state index contributed by atoms with van der Waals surface area (Å²) in [5.74, 6) is -0.554. The molecule has 9 nitrogen and oxygen atoms in total. The SMILES string of the molecule is CCOc1ccc(-c2c(-c3cccc(N=O)c3)cc3n2[C@@H](Cc2cncn2SN(C)C)CNC3=O)cc1F. The van der Waals surface area contributed by atoms with Crippen molar-refractivity contribution >= 4 is 23.7 Å². The molecule has 2 aromatic heterocycles. The van der Waals surface area contributed by atoms with Crippen molar-refractivity contribution in [1.82, 2.24) is 23.1 Å². The Labute approximate surface area is 223 Å². The highest BCUT2D eigenvalue weighted by molar-refractivity contribution is 7.95. The van der Waals surface area contributed by atoms with E-state index < -0.39 is 5.82 Å². The van der Waals surface area contributed by atoms with Gasteiger partial charge in [0.25, 0.3) is 5.91 Å². The van der Waals surface area contributed by atoms with Crippen molar-refractivity contribution in [3.8, 4) is 28.1 Å². The molecule has 1 N–H and O–H groups in total. The number of imidazole rings is 1. The van der Waals surface area contributed by atoms with E-state index in [9.17, 15) is 9.70 Å². The highest BCUT2D eigenvalue weighted by atomic mass is 32.2. The zero-order valence-electron chi connectivity index (χ0n) is 21.2. The van der Waals surface area contributed by atoms with E-state index in [1.54, 1.807) is 49.6 Å². The van der Waals surface area contributed by atoms with E-state index in [0.717, 1.165) is 5.69 Å². The van der Waals surface area contributed by atoms with E-state index in [2.05, 4.69) is 15.5 Å². The second kappa shape index (κ2) is 10.8.